The molecule has 0 unspecified atom stereocenters. The fraction of sp³-hybridized carbons (Fsp3) is 0.455. The van der Waals surface area contributed by atoms with E-state index in [9.17, 15) is 9.50 Å². The highest BCUT2D eigenvalue weighted by molar-refractivity contribution is 5.33. The second-order valence-corrected chi connectivity index (χ2v) is 3.82. The first-order valence-corrected chi connectivity index (χ1v) is 4.94. The molecule has 1 fully saturated rings. The molecule has 0 aromatic heterocycles. The van der Waals surface area contributed by atoms with Gasteiger partial charge in [-0.05, 0) is 31.4 Å². The minimum absolute atomic E-state index is 0.226. The number of para-hydroxylation sites is 1. The lowest BCUT2D eigenvalue weighted by Crippen LogP contribution is -2.16. The van der Waals surface area contributed by atoms with Crippen LogP contribution in [0.4, 0.5) is 4.39 Å². The quantitative estimate of drug-likeness (QED) is 0.770. The van der Waals surface area contributed by atoms with Gasteiger partial charge in [0.1, 0.15) is 0 Å². The van der Waals surface area contributed by atoms with Crippen molar-refractivity contribution in [2.45, 2.75) is 19.4 Å². The van der Waals surface area contributed by atoms with Crippen molar-refractivity contribution < 1.29 is 9.50 Å². The van der Waals surface area contributed by atoms with E-state index in [0.29, 0.717) is 12.1 Å². The summed E-state index contributed by atoms with van der Waals surface area (Å²) in [6, 6.07) is 4.61. The predicted octanol–water partition coefficient (Wildman–Crippen LogP) is 2.03. The monoisotopic (exact) mass is 195 g/mol. The maximum atomic E-state index is 12.9. The lowest BCUT2D eigenvalue weighted by Gasteiger charge is -2.06. The third-order valence-electron chi connectivity index (χ3n) is 2.52. The van der Waals surface area contributed by atoms with Crippen molar-refractivity contribution in [1.82, 2.24) is 5.32 Å². The summed E-state index contributed by atoms with van der Waals surface area (Å²) in [4.78, 5) is 0. The molecule has 0 saturated heterocycles. The number of hydrogen-bond acceptors (Lipinski definition) is 2. The van der Waals surface area contributed by atoms with Crippen LogP contribution in [0.15, 0.2) is 18.2 Å². The molecule has 1 aliphatic carbocycles. The van der Waals surface area contributed by atoms with Crippen LogP contribution in [0, 0.1) is 11.7 Å². The Kier molecular flexibility index (Phi) is 2.68. The lowest BCUT2D eigenvalue weighted by molar-refractivity contribution is 0.423. The maximum absolute atomic E-state index is 12.9. The molecule has 0 aliphatic heterocycles. The summed E-state index contributed by atoms with van der Waals surface area (Å²) in [6.07, 6.45) is 2.59. The third kappa shape index (κ3) is 2.23. The Morgan fingerprint density at radius 1 is 1.43 bits per heavy atom. The highest BCUT2D eigenvalue weighted by Crippen LogP contribution is 2.28. The second-order valence-electron chi connectivity index (χ2n) is 3.82. The van der Waals surface area contributed by atoms with E-state index in [1.165, 1.54) is 18.9 Å². The number of benzene rings is 1. The molecule has 0 amide bonds. The van der Waals surface area contributed by atoms with Gasteiger partial charge in [0.15, 0.2) is 11.6 Å². The van der Waals surface area contributed by atoms with Gasteiger partial charge in [-0.15, -0.1) is 0 Å². The van der Waals surface area contributed by atoms with Gasteiger partial charge in [0.25, 0.3) is 0 Å². The van der Waals surface area contributed by atoms with Gasteiger partial charge in [0.2, 0.25) is 0 Å². The number of nitrogens with one attached hydrogen (secondary N) is 1. The third-order valence-corrected chi connectivity index (χ3v) is 2.52. The van der Waals surface area contributed by atoms with Crippen LogP contribution in [-0.4, -0.2) is 11.7 Å². The molecule has 14 heavy (non-hydrogen) atoms. The van der Waals surface area contributed by atoms with E-state index < -0.39 is 5.82 Å². The number of halogens is 1. The largest absolute Gasteiger partial charge is 0.505 e. The maximum Gasteiger partial charge on any atom is 0.165 e. The van der Waals surface area contributed by atoms with Gasteiger partial charge in [-0.3, -0.25) is 0 Å². The molecule has 3 heteroatoms. The van der Waals surface area contributed by atoms with Gasteiger partial charge >= 0.3 is 0 Å². The molecule has 0 atom stereocenters. The molecule has 2 rings (SSSR count). The molecule has 0 bridgehead atoms. The fourth-order valence-corrected chi connectivity index (χ4v) is 1.44. The van der Waals surface area contributed by atoms with E-state index in [1.54, 1.807) is 12.1 Å². The summed E-state index contributed by atoms with van der Waals surface area (Å²) in [5.41, 5.74) is 0.630. The Balaban J connectivity index is 1.90. The summed E-state index contributed by atoms with van der Waals surface area (Å²) in [5.74, 6) is 0.0252. The molecular weight excluding hydrogens is 181 g/mol. The van der Waals surface area contributed by atoms with E-state index in [0.717, 1.165) is 12.5 Å². The Hall–Kier alpha value is -1.09. The van der Waals surface area contributed by atoms with Gasteiger partial charge in [-0.1, -0.05) is 12.1 Å². The van der Waals surface area contributed by atoms with Gasteiger partial charge < -0.3 is 10.4 Å². The molecule has 1 saturated carbocycles. The Labute approximate surface area is 82.8 Å². The smallest absolute Gasteiger partial charge is 0.165 e. The normalized spacial score (nSPS) is 15.8. The highest BCUT2D eigenvalue weighted by atomic mass is 19.1. The van der Waals surface area contributed by atoms with Crippen molar-refractivity contribution in [3.05, 3.63) is 29.6 Å². The number of hydrogen-bond donors (Lipinski definition) is 2. The minimum Gasteiger partial charge on any atom is -0.505 e. The van der Waals surface area contributed by atoms with E-state index in [4.69, 9.17) is 0 Å². The zero-order valence-electron chi connectivity index (χ0n) is 7.96. The van der Waals surface area contributed by atoms with Crippen LogP contribution in [0.3, 0.4) is 0 Å². The molecule has 2 N–H and O–H groups in total. The first-order chi connectivity index (χ1) is 6.77. The van der Waals surface area contributed by atoms with Crippen LogP contribution in [0.2, 0.25) is 0 Å². The van der Waals surface area contributed by atoms with Crippen LogP contribution >= 0.6 is 0 Å². The first kappa shape index (κ1) is 9.46. The van der Waals surface area contributed by atoms with E-state index in [-0.39, 0.29) is 5.75 Å². The average molecular weight is 195 g/mol. The van der Waals surface area contributed by atoms with Gasteiger partial charge in [-0.2, -0.15) is 0 Å². The number of rotatable bonds is 4. The zero-order chi connectivity index (χ0) is 9.97. The molecule has 0 spiro atoms. The van der Waals surface area contributed by atoms with E-state index in [2.05, 4.69) is 5.32 Å². The van der Waals surface area contributed by atoms with Crippen LogP contribution in [-0.2, 0) is 6.54 Å². The summed E-state index contributed by atoms with van der Waals surface area (Å²) < 4.78 is 12.9. The molecule has 76 valence electrons. The van der Waals surface area contributed by atoms with Crippen molar-refractivity contribution in [2.75, 3.05) is 6.54 Å². The lowest BCUT2D eigenvalue weighted by atomic mass is 10.2. The van der Waals surface area contributed by atoms with Crippen LogP contribution < -0.4 is 5.32 Å². The van der Waals surface area contributed by atoms with Crippen LogP contribution in [0.1, 0.15) is 18.4 Å². The zero-order valence-corrected chi connectivity index (χ0v) is 7.96. The van der Waals surface area contributed by atoms with Gasteiger partial charge in [0.05, 0.1) is 0 Å². The molecular formula is C11H14FNO. The molecule has 1 aromatic rings. The van der Waals surface area contributed by atoms with Crippen molar-refractivity contribution in [3.8, 4) is 5.75 Å². The number of phenols is 1. The Morgan fingerprint density at radius 2 is 2.21 bits per heavy atom. The standard InChI is InChI=1S/C11H14FNO/c12-10-3-1-2-9(11(10)14)7-13-6-8-4-5-8/h1-3,8,13-14H,4-7H2. The van der Waals surface area contributed by atoms with Crippen LogP contribution in [0.25, 0.3) is 0 Å². The Bertz CT molecular complexity index is 323. The summed E-state index contributed by atoms with van der Waals surface area (Å²) in [6.45, 7) is 1.51. The van der Waals surface area contributed by atoms with Gasteiger partial charge in [0, 0.05) is 12.1 Å². The number of phenolic OH excluding ortho intramolecular Hbond substituents is 1. The highest BCUT2D eigenvalue weighted by Gasteiger charge is 2.20. The van der Waals surface area contributed by atoms with Crippen LogP contribution in [0.5, 0.6) is 5.75 Å². The van der Waals surface area contributed by atoms with Crippen molar-refractivity contribution in [1.29, 1.82) is 0 Å². The Morgan fingerprint density at radius 3 is 2.93 bits per heavy atom. The number of aromatic hydroxyl groups is 1. The summed E-state index contributed by atoms with van der Waals surface area (Å²) in [7, 11) is 0. The second kappa shape index (κ2) is 3.96. The van der Waals surface area contributed by atoms with E-state index in [1.807, 2.05) is 0 Å². The molecule has 0 heterocycles. The summed E-state index contributed by atoms with van der Waals surface area (Å²) in [5, 5.41) is 12.6. The molecule has 1 aliphatic rings. The SMILES string of the molecule is Oc1c(F)cccc1CNCC1CC1. The fourth-order valence-electron chi connectivity index (χ4n) is 1.44. The first-order valence-electron chi connectivity index (χ1n) is 4.94. The van der Waals surface area contributed by atoms with Crippen molar-refractivity contribution in [2.24, 2.45) is 5.92 Å². The van der Waals surface area contributed by atoms with E-state index >= 15 is 0 Å². The summed E-state index contributed by atoms with van der Waals surface area (Å²) >= 11 is 0. The van der Waals surface area contributed by atoms with Crippen molar-refractivity contribution in [3.63, 3.8) is 0 Å². The van der Waals surface area contributed by atoms with Crippen molar-refractivity contribution >= 4 is 0 Å². The topological polar surface area (TPSA) is 32.3 Å². The average Bonchev–Trinajstić information content (AvgIpc) is 2.96. The predicted molar refractivity (Wildman–Crippen MR) is 52.5 cm³/mol. The molecule has 1 aromatic carbocycles. The molecule has 2 nitrogen and oxygen atoms in total. The molecule has 0 radical (unpaired) electrons. The minimum atomic E-state index is -0.546. The van der Waals surface area contributed by atoms with Gasteiger partial charge in [-0.25, -0.2) is 4.39 Å².